The van der Waals surface area contributed by atoms with Crippen molar-refractivity contribution in [2.75, 3.05) is 26.7 Å². The standard InChI is InChI=1S/C18H24FN3O2/c1-13(14-3-5-15(19)6-4-14)11-17(23)21-16-7-9-22(10-8-16)12-18(24)20-2/h3-6,11,16H,7-10,12H2,1-2H3,(H,20,24)(H,21,23)/b13-11+. The zero-order valence-corrected chi connectivity index (χ0v) is 14.1. The van der Waals surface area contributed by atoms with Gasteiger partial charge in [-0.1, -0.05) is 12.1 Å². The molecular weight excluding hydrogens is 309 g/mol. The molecule has 1 aromatic carbocycles. The van der Waals surface area contributed by atoms with E-state index in [4.69, 9.17) is 0 Å². The number of likely N-dealkylation sites (tertiary alicyclic amines) is 1. The molecular formula is C18H24FN3O2. The summed E-state index contributed by atoms with van der Waals surface area (Å²) < 4.78 is 12.9. The lowest BCUT2D eigenvalue weighted by Crippen LogP contribution is -2.46. The molecule has 0 radical (unpaired) electrons. The molecule has 24 heavy (non-hydrogen) atoms. The number of halogens is 1. The van der Waals surface area contributed by atoms with Crippen molar-refractivity contribution in [2.45, 2.75) is 25.8 Å². The van der Waals surface area contributed by atoms with Crippen LogP contribution in [0.2, 0.25) is 0 Å². The SMILES string of the molecule is CNC(=O)CN1CCC(NC(=O)/C=C(\C)c2ccc(F)cc2)CC1. The summed E-state index contributed by atoms with van der Waals surface area (Å²) in [6.07, 6.45) is 3.20. The quantitative estimate of drug-likeness (QED) is 0.804. The Hall–Kier alpha value is -2.21. The molecule has 1 heterocycles. The highest BCUT2D eigenvalue weighted by Crippen LogP contribution is 2.15. The summed E-state index contributed by atoms with van der Waals surface area (Å²) in [5, 5.41) is 5.62. The minimum Gasteiger partial charge on any atom is -0.358 e. The first-order chi connectivity index (χ1) is 11.5. The van der Waals surface area contributed by atoms with Crippen LogP contribution in [-0.2, 0) is 9.59 Å². The van der Waals surface area contributed by atoms with Crippen LogP contribution in [0.15, 0.2) is 30.3 Å². The minimum absolute atomic E-state index is 0.00958. The number of amides is 2. The summed E-state index contributed by atoms with van der Waals surface area (Å²) in [5.41, 5.74) is 1.62. The maximum Gasteiger partial charge on any atom is 0.244 e. The van der Waals surface area contributed by atoms with Crippen molar-refractivity contribution in [3.05, 3.63) is 41.7 Å². The molecule has 1 aromatic rings. The Morgan fingerprint density at radius 1 is 1.25 bits per heavy atom. The van der Waals surface area contributed by atoms with Gasteiger partial charge in [0, 0.05) is 32.3 Å². The first-order valence-electron chi connectivity index (χ1n) is 8.15. The van der Waals surface area contributed by atoms with Gasteiger partial charge in [-0.25, -0.2) is 4.39 Å². The molecule has 1 aliphatic rings. The number of nitrogens with one attached hydrogen (secondary N) is 2. The highest BCUT2D eigenvalue weighted by Gasteiger charge is 2.21. The van der Waals surface area contributed by atoms with Crippen LogP contribution in [0.4, 0.5) is 4.39 Å². The normalized spacial score (nSPS) is 16.7. The van der Waals surface area contributed by atoms with Crippen molar-refractivity contribution in [3.63, 3.8) is 0 Å². The van der Waals surface area contributed by atoms with E-state index in [0.717, 1.165) is 37.1 Å². The molecule has 1 saturated heterocycles. The molecule has 2 N–H and O–H groups in total. The van der Waals surface area contributed by atoms with E-state index < -0.39 is 0 Å². The van der Waals surface area contributed by atoms with Gasteiger partial charge in [0.25, 0.3) is 0 Å². The Morgan fingerprint density at radius 2 is 1.88 bits per heavy atom. The van der Waals surface area contributed by atoms with Gasteiger partial charge in [0.15, 0.2) is 0 Å². The molecule has 0 bridgehead atoms. The van der Waals surface area contributed by atoms with E-state index in [2.05, 4.69) is 15.5 Å². The molecule has 130 valence electrons. The van der Waals surface area contributed by atoms with Crippen molar-refractivity contribution < 1.29 is 14.0 Å². The third-order valence-electron chi connectivity index (χ3n) is 4.23. The summed E-state index contributed by atoms with van der Waals surface area (Å²) in [6, 6.07) is 6.20. The Balaban J connectivity index is 1.82. The Morgan fingerprint density at radius 3 is 2.46 bits per heavy atom. The van der Waals surface area contributed by atoms with Crippen LogP contribution >= 0.6 is 0 Å². The zero-order valence-electron chi connectivity index (χ0n) is 14.1. The minimum atomic E-state index is -0.292. The molecule has 6 heteroatoms. The van der Waals surface area contributed by atoms with Gasteiger partial charge in [0.05, 0.1) is 6.54 Å². The third-order valence-corrected chi connectivity index (χ3v) is 4.23. The van der Waals surface area contributed by atoms with Gasteiger partial charge >= 0.3 is 0 Å². The second-order valence-corrected chi connectivity index (χ2v) is 6.07. The number of likely N-dealkylation sites (N-methyl/N-ethyl adjacent to an activating group) is 1. The molecule has 1 aliphatic heterocycles. The Labute approximate surface area is 141 Å². The smallest absolute Gasteiger partial charge is 0.244 e. The van der Waals surface area contributed by atoms with Crippen LogP contribution in [0, 0.1) is 5.82 Å². The number of allylic oxidation sites excluding steroid dienone is 1. The van der Waals surface area contributed by atoms with Crippen molar-refractivity contribution in [3.8, 4) is 0 Å². The van der Waals surface area contributed by atoms with Gasteiger partial charge in [-0.2, -0.15) is 0 Å². The summed E-state index contributed by atoms with van der Waals surface area (Å²) in [4.78, 5) is 25.6. The molecule has 0 aliphatic carbocycles. The van der Waals surface area contributed by atoms with E-state index in [0.29, 0.717) is 6.54 Å². The fourth-order valence-electron chi connectivity index (χ4n) is 2.75. The predicted molar refractivity (Wildman–Crippen MR) is 91.7 cm³/mol. The van der Waals surface area contributed by atoms with Crippen LogP contribution in [0.25, 0.3) is 5.57 Å². The number of piperidine rings is 1. The fourth-order valence-corrected chi connectivity index (χ4v) is 2.75. The van der Waals surface area contributed by atoms with Crippen molar-refractivity contribution in [1.29, 1.82) is 0 Å². The Bertz CT molecular complexity index is 605. The molecule has 0 saturated carbocycles. The van der Waals surface area contributed by atoms with Crippen LogP contribution < -0.4 is 10.6 Å². The lowest BCUT2D eigenvalue weighted by molar-refractivity contribution is -0.122. The van der Waals surface area contributed by atoms with E-state index in [1.54, 1.807) is 25.3 Å². The van der Waals surface area contributed by atoms with E-state index in [1.165, 1.54) is 12.1 Å². The van der Waals surface area contributed by atoms with Crippen molar-refractivity contribution in [2.24, 2.45) is 0 Å². The molecule has 0 atom stereocenters. The summed E-state index contributed by atoms with van der Waals surface area (Å²) in [5.74, 6) is -0.420. The second-order valence-electron chi connectivity index (χ2n) is 6.07. The number of rotatable bonds is 5. The average Bonchev–Trinajstić information content (AvgIpc) is 2.57. The lowest BCUT2D eigenvalue weighted by atomic mass is 10.0. The highest BCUT2D eigenvalue weighted by atomic mass is 19.1. The highest BCUT2D eigenvalue weighted by molar-refractivity contribution is 5.95. The molecule has 5 nitrogen and oxygen atoms in total. The maximum absolute atomic E-state index is 12.9. The number of nitrogens with zero attached hydrogens (tertiary/aromatic N) is 1. The van der Waals surface area contributed by atoms with E-state index in [-0.39, 0.29) is 23.7 Å². The molecule has 0 aromatic heterocycles. The van der Waals surface area contributed by atoms with Gasteiger partial charge in [0.2, 0.25) is 11.8 Å². The number of benzene rings is 1. The molecule has 1 fully saturated rings. The van der Waals surface area contributed by atoms with E-state index in [1.807, 2.05) is 6.92 Å². The molecule has 2 amide bonds. The average molecular weight is 333 g/mol. The fraction of sp³-hybridized carbons (Fsp3) is 0.444. The van der Waals surface area contributed by atoms with Gasteiger partial charge in [-0.15, -0.1) is 0 Å². The molecule has 0 spiro atoms. The maximum atomic E-state index is 12.9. The molecule has 2 rings (SSSR count). The number of carbonyl (C=O) groups excluding carboxylic acids is 2. The summed E-state index contributed by atoms with van der Waals surface area (Å²) >= 11 is 0. The van der Waals surface area contributed by atoms with Crippen molar-refractivity contribution >= 4 is 17.4 Å². The second kappa shape index (κ2) is 8.59. The zero-order chi connectivity index (χ0) is 17.5. The number of hydrogen-bond acceptors (Lipinski definition) is 3. The summed E-state index contributed by atoms with van der Waals surface area (Å²) in [7, 11) is 1.63. The third kappa shape index (κ3) is 5.45. The topological polar surface area (TPSA) is 61.4 Å². The first kappa shape index (κ1) is 18.1. The largest absolute Gasteiger partial charge is 0.358 e. The van der Waals surface area contributed by atoms with Crippen LogP contribution in [0.1, 0.15) is 25.3 Å². The van der Waals surface area contributed by atoms with Crippen LogP contribution in [0.3, 0.4) is 0 Å². The summed E-state index contributed by atoms with van der Waals surface area (Å²) in [6.45, 7) is 3.82. The van der Waals surface area contributed by atoms with E-state index in [9.17, 15) is 14.0 Å². The van der Waals surface area contributed by atoms with Crippen LogP contribution in [0.5, 0.6) is 0 Å². The predicted octanol–water partition coefficient (Wildman–Crippen LogP) is 1.56. The molecule has 0 unspecified atom stereocenters. The monoisotopic (exact) mass is 333 g/mol. The van der Waals surface area contributed by atoms with Gasteiger partial charge in [0.1, 0.15) is 5.82 Å². The van der Waals surface area contributed by atoms with Gasteiger partial charge < -0.3 is 10.6 Å². The van der Waals surface area contributed by atoms with Gasteiger partial charge in [-0.3, -0.25) is 14.5 Å². The van der Waals surface area contributed by atoms with E-state index >= 15 is 0 Å². The Kier molecular flexibility index (Phi) is 6.49. The first-order valence-corrected chi connectivity index (χ1v) is 8.15. The lowest BCUT2D eigenvalue weighted by Gasteiger charge is -2.31. The van der Waals surface area contributed by atoms with Crippen LogP contribution in [-0.4, -0.2) is 49.4 Å². The number of hydrogen-bond donors (Lipinski definition) is 2. The number of carbonyl (C=O) groups is 2. The van der Waals surface area contributed by atoms with Crippen molar-refractivity contribution in [1.82, 2.24) is 15.5 Å². The van der Waals surface area contributed by atoms with Gasteiger partial charge in [-0.05, 0) is 43.0 Å².